The van der Waals surface area contributed by atoms with Crippen LogP contribution in [0.15, 0.2) is 0 Å². The smallest absolute Gasteiger partial charge is 0.0601 e. The zero-order valence-corrected chi connectivity index (χ0v) is 11.1. The van der Waals surface area contributed by atoms with Crippen LogP contribution in [0.2, 0.25) is 0 Å². The van der Waals surface area contributed by atoms with Crippen molar-refractivity contribution in [3.63, 3.8) is 0 Å². The zero-order valence-electron chi connectivity index (χ0n) is 11.1. The molecule has 98 valence electrons. The van der Waals surface area contributed by atoms with Crippen molar-refractivity contribution in [1.29, 1.82) is 0 Å². The number of rotatable bonds is 2. The topological polar surface area (TPSA) is 20.2 Å². The van der Waals surface area contributed by atoms with Gasteiger partial charge in [-0.1, -0.05) is 57.8 Å². The van der Waals surface area contributed by atoms with Crippen LogP contribution in [-0.4, -0.2) is 11.2 Å². The summed E-state index contributed by atoms with van der Waals surface area (Å²) >= 11 is 0. The van der Waals surface area contributed by atoms with Crippen molar-refractivity contribution in [2.24, 2.45) is 23.7 Å². The Bertz CT molecular complexity index is 238. The van der Waals surface area contributed by atoms with Crippen molar-refractivity contribution < 1.29 is 5.11 Å². The summed E-state index contributed by atoms with van der Waals surface area (Å²) < 4.78 is 0. The summed E-state index contributed by atoms with van der Waals surface area (Å²) in [6.45, 7) is 0. The quantitative estimate of drug-likeness (QED) is 0.764. The maximum Gasteiger partial charge on any atom is 0.0601 e. The molecule has 3 atom stereocenters. The molecule has 0 amide bonds. The van der Waals surface area contributed by atoms with E-state index < -0.39 is 0 Å². The van der Waals surface area contributed by atoms with Gasteiger partial charge in [0.2, 0.25) is 0 Å². The predicted molar refractivity (Wildman–Crippen MR) is 70.8 cm³/mol. The lowest BCUT2D eigenvalue weighted by Gasteiger charge is -2.32. The van der Waals surface area contributed by atoms with E-state index >= 15 is 0 Å². The fraction of sp³-hybridized carbons (Fsp3) is 1.00. The van der Waals surface area contributed by atoms with Crippen LogP contribution in [0.3, 0.4) is 0 Å². The summed E-state index contributed by atoms with van der Waals surface area (Å²) in [4.78, 5) is 0. The minimum atomic E-state index is 0.0567. The first-order valence-corrected chi connectivity index (χ1v) is 8.04. The Morgan fingerprint density at radius 1 is 0.529 bits per heavy atom. The second kappa shape index (κ2) is 5.30. The van der Waals surface area contributed by atoms with E-state index in [1.165, 1.54) is 70.6 Å². The SMILES string of the molecule is OC1C(C2CCCCC2)CCC1C1CCCC1. The lowest BCUT2D eigenvalue weighted by molar-refractivity contribution is 0.0345. The van der Waals surface area contributed by atoms with Crippen LogP contribution in [0.5, 0.6) is 0 Å². The van der Waals surface area contributed by atoms with Crippen molar-refractivity contribution >= 4 is 0 Å². The van der Waals surface area contributed by atoms with Crippen LogP contribution in [0.25, 0.3) is 0 Å². The van der Waals surface area contributed by atoms with Crippen molar-refractivity contribution in [3.8, 4) is 0 Å². The Balaban J connectivity index is 1.60. The van der Waals surface area contributed by atoms with Gasteiger partial charge in [0, 0.05) is 0 Å². The van der Waals surface area contributed by atoms with Crippen LogP contribution < -0.4 is 0 Å². The molecular formula is C16H28O. The van der Waals surface area contributed by atoms with Gasteiger partial charge in [-0.25, -0.2) is 0 Å². The fourth-order valence-electron chi connectivity index (χ4n) is 5.02. The van der Waals surface area contributed by atoms with E-state index in [1.54, 1.807) is 0 Å². The first-order valence-electron chi connectivity index (χ1n) is 8.04. The van der Waals surface area contributed by atoms with Crippen LogP contribution in [0.1, 0.15) is 70.6 Å². The molecule has 1 nitrogen and oxygen atoms in total. The Morgan fingerprint density at radius 3 is 1.41 bits per heavy atom. The van der Waals surface area contributed by atoms with Gasteiger partial charge in [0.25, 0.3) is 0 Å². The highest BCUT2D eigenvalue weighted by molar-refractivity contribution is 4.93. The zero-order chi connectivity index (χ0) is 11.7. The molecule has 3 rings (SSSR count). The van der Waals surface area contributed by atoms with Gasteiger partial charge in [-0.15, -0.1) is 0 Å². The molecule has 0 spiro atoms. The summed E-state index contributed by atoms with van der Waals surface area (Å²) in [5, 5.41) is 10.7. The molecule has 0 saturated heterocycles. The molecule has 0 aromatic heterocycles. The Labute approximate surface area is 106 Å². The van der Waals surface area contributed by atoms with Gasteiger partial charge >= 0.3 is 0 Å². The highest BCUT2D eigenvalue weighted by atomic mass is 16.3. The predicted octanol–water partition coefficient (Wildman–Crippen LogP) is 4.14. The monoisotopic (exact) mass is 236 g/mol. The number of aliphatic hydroxyl groups is 1. The summed E-state index contributed by atoms with van der Waals surface area (Å²) in [5.74, 6) is 3.08. The Morgan fingerprint density at radius 2 is 0.941 bits per heavy atom. The standard InChI is InChI=1S/C16H28O/c17-16-14(12-6-2-1-3-7-12)10-11-15(16)13-8-4-5-9-13/h12-17H,1-11H2. The first-order chi connectivity index (χ1) is 8.36. The van der Waals surface area contributed by atoms with E-state index in [4.69, 9.17) is 0 Å². The molecule has 1 N–H and O–H groups in total. The second-order valence-electron chi connectivity index (χ2n) is 6.84. The van der Waals surface area contributed by atoms with Crippen LogP contribution in [-0.2, 0) is 0 Å². The van der Waals surface area contributed by atoms with E-state index in [9.17, 15) is 5.11 Å². The van der Waals surface area contributed by atoms with Crippen LogP contribution >= 0.6 is 0 Å². The fourth-order valence-corrected chi connectivity index (χ4v) is 5.02. The van der Waals surface area contributed by atoms with E-state index in [0.717, 1.165) is 11.8 Å². The summed E-state index contributed by atoms with van der Waals surface area (Å²) in [7, 11) is 0. The lowest BCUT2D eigenvalue weighted by Crippen LogP contribution is -2.31. The highest BCUT2D eigenvalue weighted by Crippen LogP contribution is 2.47. The van der Waals surface area contributed by atoms with E-state index in [0.29, 0.717) is 11.8 Å². The maximum atomic E-state index is 10.7. The molecule has 0 aromatic carbocycles. The number of aliphatic hydroxyl groups excluding tert-OH is 1. The van der Waals surface area contributed by atoms with Crippen molar-refractivity contribution in [3.05, 3.63) is 0 Å². The largest absolute Gasteiger partial charge is 0.393 e. The van der Waals surface area contributed by atoms with E-state index in [-0.39, 0.29) is 6.10 Å². The Hall–Kier alpha value is -0.0400. The summed E-state index contributed by atoms with van der Waals surface area (Å²) in [6, 6.07) is 0. The average molecular weight is 236 g/mol. The molecule has 3 saturated carbocycles. The highest BCUT2D eigenvalue weighted by Gasteiger charge is 2.42. The summed E-state index contributed by atoms with van der Waals surface area (Å²) in [6.07, 6.45) is 15.4. The average Bonchev–Trinajstić information content (AvgIpc) is 2.99. The molecule has 0 aliphatic heterocycles. The van der Waals surface area contributed by atoms with Crippen molar-refractivity contribution in [2.45, 2.75) is 76.7 Å². The molecule has 0 bridgehead atoms. The van der Waals surface area contributed by atoms with Gasteiger partial charge in [-0.05, 0) is 36.5 Å². The minimum absolute atomic E-state index is 0.0567. The van der Waals surface area contributed by atoms with Crippen molar-refractivity contribution in [2.75, 3.05) is 0 Å². The van der Waals surface area contributed by atoms with Gasteiger partial charge in [-0.3, -0.25) is 0 Å². The Kier molecular flexibility index (Phi) is 3.75. The first kappa shape index (κ1) is 12.0. The van der Waals surface area contributed by atoms with Gasteiger partial charge < -0.3 is 5.11 Å². The normalized spacial score (nSPS) is 41.1. The minimum Gasteiger partial charge on any atom is -0.393 e. The molecule has 1 heteroatoms. The van der Waals surface area contributed by atoms with E-state index in [1.807, 2.05) is 0 Å². The van der Waals surface area contributed by atoms with Gasteiger partial charge in [-0.2, -0.15) is 0 Å². The number of hydrogen-bond acceptors (Lipinski definition) is 1. The molecule has 3 unspecified atom stereocenters. The third kappa shape index (κ3) is 2.41. The van der Waals surface area contributed by atoms with Gasteiger partial charge in [0.1, 0.15) is 0 Å². The molecule has 0 heterocycles. The lowest BCUT2D eigenvalue weighted by atomic mass is 9.76. The summed E-state index contributed by atoms with van der Waals surface area (Å²) in [5.41, 5.74) is 0. The van der Waals surface area contributed by atoms with E-state index in [2.05, 4.69) is 0 Å². The molecule has 3 fully saturated rings. The molecule has 0 aromatic rings. The maximum absolute atomic E-state index is 10.7. The van der Waals surface area contributed by atoms with Crippen LogP contribution in [0.4, 0.5) is 0 Å². The third-order valence-electron chi connectivity index (χ3n) is 5.97. The molecule has 3 aliphatic rings. The van der Waals surface area contributed by atoms with Gasteiger partial charge in [0.15, 0.2) is 0 Å². The molecule has 3 aliphatic carbocycles. The number of hydrogen-bond donors (Lipinski definition) is 1. The van der Waals surface area contributed by atoms with Crippen molar-refractivity contribution in [1.82, 2.24) is 0 Å². The third-order valence-corrected chi connectivity index (χ3v) is 5.97. The molecule has 0 radical (unpaired) electrons. The molecular weight excluding hydrogens is 208 g/mol. The molecule has 17 heavy (non-hydrogen) atoms. The van der Waals surface area contributed by atoms with Crippen LogP contribution in [0, 0.1) is 23.7 Å². The van der Waals surface area contributed by atoms with Gasteiger partial charge in [0.05, 0.1) is 6.10 Å². The second-order valence-corrected chi connectivity index (χ2v) is 6.84.